The van der Waals surface area contributed by atoms with Gasteiger partial charge in [-0.1, -0.05) is 103 Å². The highest BCUT2D eigenvalue weighted by molar-refractivity contribution is 5.82. The molecule has 0 bridgehead atoms. The molecule has 2 unspecified atom stereocenters. The predicted octanol–water partition coefficient (Wildman–Crippen LogP) is 9.91. The molecule has 0 aromatic heterocycles. The molecule has 1 aliphatic rings. The summed E-state index contributed by atoms with van der Waals surface area (Å²) in [5.41, 5.74) is 8.25. The molecule has 0 heteroatoms. The first kappa shape index (κ1) is 27.2. The van der Waals surface area contributed by atoms with Gasteiger partial charge < -0.3 is 0 Å². The zero-order valence-electron chi connectivity index (χ0n) is 23.2. The molecular formula is C35H46. The van der Waals surface area contributed by atoms with Gasteiger partial charge in [-0.2, -0.15) is 0 Å². The zero-order valence-corrected chi connectivity index (χ0v) is 23.2. The fraction of sp³-hybridized carbons (Fsp3) is 0.543. The molecule has 0 amide bonds. The third-order valence-electron chi connectivity index (χ3n) is 8.26. The van der Waals surface area contributed by atoms with Crippen molar-refractivity contribution in [1.29, 1.82) is 0 Å². The topological polar surface area (TPSA) is 0 Å². The number of benzene rings is 2. The van der Waals surface area contributed by atoms with Crippen LogP contribution in [0.5, 0.6) is 0 Å². The molecule has 0 nitrogen and oxygen atoms in total. The van der Waals surface area contributed by atoms with Gasteiger partial charge in [0.05, 0.1) is 0 Å². The molecule has 0 fully saturated rings. The molecule has 2 aromatic carbocycles. The third-order valence-corrected chi connectivity index (χ3v) is 8.26. The molecule has 186 valence electrons. The van der Waals surface area contributed by atoms with Gasteiger partial charge in [-0.3, -0.25) is 0 Å². The summed E-state index contributed by atoms with van der Waals surface area (Å²) in [5, 5.41) is 0. The first-order valence-electron chi connectivity index (χ1n) is 14.2. The molecule has 0 saturated carbocycles. The van der Waals surface area contributed by atoms with Crippen LogP contribution in [-0.2, 0) is 5.41 Å². The molecule has 0 heterocycles. The van der Waals surface area contributed by atoms with Crippen LogP contribution >= 0.6 is 0 Å². The van der Waals surface area contributed by atoms with Crippen LogP contribution < -0.4 is 0 Å². The maximum Gasteiger partial charge on any atom is 0.0248 e. The Bertz CT molecular complexity index is 1000. The van der Waals surface area contributed by atoms with E-state index in [0.29, 0.717) is 0 Å². The number of unbranched alkanes of at least 4 members (excludes halogenated alkanes) is 2. The van der Waals surface area contributed by atoms with Crippen molar-refractivity contribution in [3.8, 4) is 34.8 Å². The van der Waals surface area contributed by atoms with Crippen molar-refractivity contribution in [2.75, 3.05) is 0 Å². The Morgan fingerprint density at radius 3 is 1.43 bits per heavy atom. The Balaban J connectivity index is 2.26. The molecule has 3 rings (SSSR count). The van der Waals surface area contributed by atoms with Crippen LogP contribution in [0.25, 0.3) is 11.1 Å². The van der Waals surface area contributed by atoms with Gasteiger partial charge in [0.25, 0.3) is 0 Å². The van der Waals surface area contributed by atoms with Gasteiger partial charge in [-0.15, -0.1) is 11.8 Å². The highest BCUT2D eigenvalue weighted by Crippen LogP contribution is 2.56. The maximum absolute atomic E-state index is 3.36. The van der Waals surface area contributed by atoms with E-state index in [1.807, 2.05) is 13.8 Å². The Hall–Kier alpha value is -2.44. The standard InChI is InChI=1S/C35H46/c1-7-13-17-27(11-5)25-35(26-28(12-6)18-14-8-2)33-23-29(15-9-3)19-21-31(33)32-22-20-30(16-10-4)24-34(32)35/h19-24,27-28H,7-8,11-14,17-18,25-26H2,1-6H3. The summed E-state index contributed by atoms with van der Waals surface area (Å²) in [6.45, 7) is 13.3. The van der Waals surface area contributed by atoms with E-state index in [0.717, 1.165) is 23.0 Å². The average molecular weight is 467 g/mol. The molecule has 0 saturated heterocycles. The van der Waals surface area contributed by atoms with Crippen molar-refractivity contribution < 1.29 is 0 Å². The largest absolute Gasteiger partial charge is 0.101 e. The minimum atomic E-state index is 0.0460. The Morgan fingerprint density at radius 2 is 1.09 bits per heavy atom. The predicted molar refractivity (Wildman–Crippen MR) is 154 cm³/mol. The fourth-order valence-corrected chi connectivity index (χ4v) is 6.33. The van der Waals surface area contributed by atoms with Gasteiger partial charge in [0.15, 0.2) is 0 Å². The molecular weight excluding hydrogens is 420 g/mol. The van der Waals surface area contributed by atoms with E-state index in [1.54, 1.807) is 0 Å². The van der Waals surface area contributed by atoms with Crippen molar-refractivity contribution in [2.45, 2.75) is 111 Å². The van der Waals surface area contributed by atoms with Crippen molar-refractivity contribution in [3.63, 3.8) is 0 Å². The third kappa shape index (κ3) is 6.04. The van der Waals surface area contributed by atoms with Crippen molar-refractivity contribution in [1.82, 2.24) is 0 Å². The van der Waals surface area contributed by atoms with Crippen LogP contribution in [0.15, 0.2) is 36.4 Å². The van der Waals surface area contributed by atoms with Crippen molar-refractivity contribution >= 4 is 0 Å². The first-order valence-corrected chi connectivity index (χ1v) is 14.2. The fourth-order valence-electron chi connectivity index (χ4n) is 6.33. The summed E-state index contributed by atoms with van der Waals surface area (Å²) in [6, 6.07) is 14.0. The summed E-state index contributed by atoms with van der Waals surface area (Å²) in [7, 11) is 0. The lowest BCUT2D eigenvalue weighted by atomic mass is 9.65. The smallest absolute Gasteiger partial charge is 0.0248 e. The van der Waals surface area contributed by atoms with Crippen LogP contribution in [0.4, 0.5) is 0 Å². The first-order chi connectivity index (χ1) is 17.1. The maximum atomic E-state index is 3.36. The molecule has 0 radical (unpaired) electrons. The molecule has 35 heavy (non-hydrogen) atoms. The number of hydrogen-bond donors (Lipinski definition) is 0. The Labute approximate surface area is 216 Å². The van der Waals surface area contributed by atoms with Gasteiger partial charge in [0.2, 0.25) is 0 Å². The van der Waals surface area contributed by atoms with Gasteiger partial charge in [-0.25, -0.2) is 0 Å². The quantitative estimate of drug-likeness (QED) is 0.273. The highest BCUT2D eigenvalue weighted by atomic mass is 14.5. The Kier molecular flexibility index (Phi) is 10.1. The second-order valence-electron chi connectivity index (χ2n) is 10.6. The molecule has 2 aromatic rings. The lowest BCUT2D eigenvalue weighted by Crippen LogP contribution is -2.31. The second kappa shape index (κ2) is 13.0. The van der Waals surface area contributed by atoms with Gasteiger partial charge in [-0.05, 0) is 85.0 Å². The van der Waals surface area contributed by atoms with E-state index >= 15 is 0 Å². The second-order valence-corrected chi connectivity index (χ2v) is 10.6. The van der Waals surface area contributed by atoms with E-state index in [9.17, 15) is 0 Å². The van der Waals surface area contributed by atoms with E-state index in [4.69, 9.17) is 0 Å². The van der Waals surface area contributed by atoms with Crippen LogP contribution in [0, 0.1) is 35.5 Å². The SMILES string of the molecule is CC#Cc1ccc2c(c1)C(CC(CC)CCCC)(CC(CC)CCCC)c1cc(C#CC)ccc1-2. The van der Waals surface area contributed by atoms with E-state index in [1.165, 1.54) is 86.5 Å². The molecule has 1 aliphatic carbocycles. The summed E-state index contributed by atoms with van der Waals surface area (Å²) < 4.78 is 0. The lowest BCUT2D eigenvalue weighted by Gasteiger charge is -2.39. The van der Waals surface area contributed by atoms with Crippen LogP contribution in [0.1, 0.15) is 128 Å². The molecule has 0 N–H and O–H groups in total. The van der Waals surface area contributed by atoms with E-state index in [-0.39, 0.29) is 5.41 Å². The van der Waals surface area contributed by atoms with Crippen LogP contribution in [0.2, 0.25) is 0 Å². The van der Waals surface area contributed by atoms with Crippen LogP contribution in [-0.4, -0.2) is 0 Å². The minimum absolute atomic E-state index is 0.0460. The Morgan fingerprint density at radius 1 is 0.657 bits per heavy atom. The summed E-state index contributed by atoms with van der Waals surface area (Å²) in [5.74, 6) is 14.5. The lowest BCUT2D eigenvalue weighted by molar-refractivity contribution is 0.266. The monoisotopic (exact) mass is 466 g/mol. The number of rotatable bonds is 12. The number of hydrogen-bond acceptors (Lipinski definition) is 0. The van der Waals surface area contributed by atoms with E-state index in [2.05, 4.69) is 87.8 Å². The number of fused-ring (bicyclic) bond motifs is 3. The minimum Gasteiger partial charge on any atom is -0.101 e. The van der Waals surface area contributed by atoms with Crippen molar-refractivity contribution in [3.05, 3.63) is 58.7 Å². The summed E-state index contributed by atoms with van der Waals surface area (Å²) in [4.78, 5) is 0. The van der Waals surface area contributed by atoms with Crippen molar-refractivity contribution in [2.24, 2.45) is 11.8 Å². The molecule has 0 aliphatic heterocycles. The average Bonchev–Trinajstić information content (AvgIpc) is 3.13. The molecule has 0 spiro atoms. The summed E-state index contributed by atoms with van der Waals surface area (Å²) >= 11 is 0. The van der Waals surface area contributed by atoms with Gasteiger partial charge in [0.1, 0.15) is 0 Å². The molecule has 2 atom stereocenters. The zero-order chi connectivity index (χ0) is 25.3. The normalized spacial score (nSPS) is 14.7. The van der Waals surface area contributed by atoms with Gasteiger partial charge >= 0.3 is 0 Å². The van der Waals surface area contributed by atoms with Gasteiger partial charge in [0, 0.05) is 16.5 Å². The van der Waals surface area contributed by atoms with E-state index < -0.39 is 0 Å². The highest BCUT2D eigenvalue weighted by Gasteiger charge is 2.45. The summed E-state index contributed by atoms with van der Waals surface area (Å²) in [6.07, 6.45) is 12.8. The van der Waals surface area contributed by atoms with Crippen LogP contribution in [0.3, 0.4) is 0 Å².